The lowest BCUT2D eigenvalue weighted by molar-refractivity contribution is 0.0593. The highest BCUT2D eigenvalue weighted by atomic mass is 32.2. The van der Waals surface area contributed by atoms with Gasteiger partial charge in [0.25, 0.3) is 5.22 Å². The van der Waals surface area contributed by atoms with Crippen LogP contribution < -0.4 is 5.73 Å². The van der Waals surface area contributed by atoms with E-state index in [1.54, 1.807) is 13.0 Å². The van der Waals surface area contributed by atoms with Gasteiger partial charge in [-0.25, -0.2) is 9.78 Å². The Morgan fingerprint density at radius 2 is 2.22 bits per heavy atom. The summed E-state index contributed by atoms with van der Waals surface area (Å²) in [5.41, 5.74) is 6.35. The number of hydrogen-bond donors (Lipinski definition) is 1. The first-order valence-electron chi connectivity index (χ1n) is 4.93. The summed E-state index contributed by atoms with van der Waals surface area (Å²) in [6, 6.07) is 3.06. The Morgan fingerprint density at radius 3 is 2.83 bits per heavy atom. The predicted molar refractivity (Wildman–Crippen MR) is 63.1 cm³/mol. The van der Waals surface area contributed by atoms with E-state index in [0.717, 1.165) is 11.8 Å². The van der Waals surface area contributed by atoms with Crippen LogP contribution in [0.3, 0.4) is 0 Å². The highest BCUT2D eigenvalue weighted by Gasteiger charge is 2.13. The minimum absolute atomic E-state index is 0.172. The number of nitrogens with zero attached hydrogens (tertiary/aromatic N) is 3. The molecule has 0 saturated heterocycles. The van der Waals surface area contributed by atoms with Crippen LogP contribution in [-0.2, 0) is 4.74 Å². The quantitative estimate of drug-likeness (QED) is 0.829. The number of nitrogen functional groups attached to an aromatic ring is 1. The Morgan fingerprint density at radius 1 is 1.44 bits per heavy atom. The molecule has 0 radical (unpaired) electrons. The maximum absolute atomic E-state index is 11.3. The van der Waals surface area contributed by atoms with Crippen molar-refractivity contribution in [3.63, 3.8) is 0 Å². The normalized spacial score (nSPS) is 10.3. The molecule has 2 rings (SSSR count). The van der Waals surface area contributed by atoms with Crippen molar-refractivity contribution in [1.82, 2.24) is 15.2 Å². The molecule has 2 heterocycles. The first kappa shape index (κ1) is 12.4. The third-order valence-corrected chi connectivity index (χ3v) is 2.84. The van der Waals surface area contributed by atoms with E-state index in [4.69, 9.17) is 10.2 Å². The van der Waals surface area contributed by atoms with E-state index in [2.05, 4.69) is 19.9 Å². The van der Waals surface area contributed by atoms with Gasteiger partial charge in [0.2, 0.25) is 5.89 Å². The molecule has 0 unspecified atom stereocenters. The molecule has 0 aromatic carbocycles. The molecule has 0 spiro atoms. The number of methoxy groups -OCH3 is 1. The number of carbonyl (C=O) groups excluding carboxylic acids is 1. The second kappa shape index (κ2) is 5.05. The van der Waals surface area contributed by atoms with Gasteiger partial charge in [-0.3, -0.25) is 0 Å². The van der Waals surface area contributed by atoms with Crippen molar-refractivity contribution < 1.29 is 13.9 Å². The second-order valence-corrected chi connectivity index (χ2v) is 4.21. The number of aromatic nitrogens is 3. The Balaban J connectivity index is 2.29. The first-order chi connectivity index (χ1) is 8.60. The minimum atomic E-state index is -0.529. The molecule has 2 aromatic heterocycles. The van der Waals surface area contributed by atoms with Crippen molar-refractivity contribution in [2.75, 3.05) is 12.8 Å². The summed E-state index contributed by atoms with van der Waals surface area (Å²) in [7, 11) is 1.29. The molecular weight excluding hydrogens is 256 g/mol. The molecule has 0 aliphatic carbocycles. The fourth-order valence-corrected chi connectivity index (χ4v) is 1.89. The summed E-state index contributed by atoms with van der Waals surface area (Å²) >= 11 is 1.09. The molecule has 0 aliphatic rings. The van der Waals surface area contributed by atoms with Crippen LogP contribution in [-0.4, -0.2) is 28.3 Å². The number of anilines is 1. The molecule has 2 N–H and O–H groups in total. The van der Waals surface area contributed by atoms with Gasteiger partial charge in [0, 0.05) is 6.92 Å². The smallest absolute Gasteiger partial charge is 0.356 e. The largest absolute Gasteiger partial charge is 0.464 e. The molecular formula is C10H10N4O3S. The average Bonchev–Trinajstić information content (AvgIpc) is 2.76. The van der Waals surface area contributed by atoms with Crippen LogP contribution in [0.5, 0.6) is 0 Å². The Labute approximate surface area is 107 Å². The van der Waals surface area contributed by atoms with Crippen molar-refractivity contribution in [2.24, 2.45) is 0 Å². The molecule has 7 nitrogen and oxygen atoms in total. The molecule has 2 aromatic rings. The second-order valence-electron chi connectivity index (χ2n) is 3.27. The SMILES string of the molecule is COC(=O)c1ccc(N)c(Sc2nnc(C)o2)n1. The van der Waals surface area contributed by atoms with Crippen LogP contribution in [0.2, 0.25) is 0 Å². The van der Waals surface area contributed by atoms with Crippen LogP contribution >= 0.6 is 11.8 Å². The van der Waals surface area contributed by atoms with Crippen molar-refractivity contribution in [2.45, 2.75) is 17.2 Å². The van der Waals surface area contributed by atoms with Gasteiger partial charge >= 0.3 is 5.97 Å². The summed E-state index contributed by atoms with van der Waals surface area (Å²) in [5, 5.41) is 8.23. The number of hydrogen-bond acceptors (Lipinski definition) is 8. The third kappa shape index (κ3) is 2.59. The fraction of sp³-hybridized carbons (Fsp3) is 0.200. The van der Waals surface area contributed by atoms with Gasteiger partial charge in [0.1, 0.15) is 10.7 Å². The van der Waals surface area contributed by atoms with Crippen LogP contribution in [0.15, 0.2) is 26.8 Å². The topological polar surface area (TPSA) is 104 Å². The lowest BCUT2D eigenvalue weighted by atomic mass is 10.3. The van der Waals surface area contributed by atoms with E-state index >= 15 is 0 Å². The molecule has 0 amide bonds. The van der Waals surface area contributed by atoms with E-state index in [0.29, 0.717) is 21.8 Å². The number of ether oxygens (including phenoxy) is 1. The van der Waals surface area contributed by atoms with Gasteiger partial charge in [-0.15, -0.1) is 10.2 Å². The summed E-state index contributed by atoms with van der Waals surface area (Å²) in [6.07, 6.45) is 0. The number of pyridine rings is 1. The Hall–Kier alpha value is -2.09. The van der Waals surface area contributed by atoms with Gasteiger partial charge in [-0.2, -0.15) is 0 Å². The zero-order valence-electron chi connectivity index (χ0n) is 9.71. The minimum Gasteiger partial charge on any atom is -0.464 e. The maximum atomic E-state index is 11.3. The number of carbonyl (C=O) groups is 1. The van der Waals surface area contributed by atoms with E-state index in [1.165, 1.54) is 13.2 Å². The Kier molecular flexibility index (Phi) is 3.47. The molecule has 0 atom stereocenters. The zero-order chi connectivity index (χ0) is 13.1. The van der Waals surface area contributed by atoms with Crippen molar-refractivity contribution >= 4 is 23.4 Å². The van der Waals surface area contributed by atoms with Crippen LogP contribution in [0, 0.1) is 6.92 Å². The molecule has 94 valence electrons. The molecule has 18 heavy (non-hydrogen) atoms. The van der Waals surface area contributed by atoms with E-state index in [9.17, 15) is 4.79 Å². The first-order valence-corrected chi connectivity index (χ1v) is 5.74. The maximum Gasteiger partial charge on any atom is 0.356 e. The standard InChI is InChI=1S/C10H10N4O3S/c1-5-13-14-10(17-5)18-8-6(11)3-4-7(12-8)9(15)16-2/h3-4H,11H2,1-2H3. The zero-order valence-corrected chi connectivity index (χ0v) is 10.5. The summed E-state index contributed by atoms with van der Waals surface area (Å²) in [4.78, 5) is 15.4. The summed E-state index contributed by atoms with van der Waals surface area (Å²) in [5.74, 6) is -0.0845. The summed E-state index contributed by atoms with van der Waals surface area (Å²) < 4.78 is 9.78. The highest BCUT2D eigenvalue weighted by molar-refractivity contribution is 7.99. The highest BCUT2D eigenvalue weighted by Crippen LogP contribution is 2.29. The van der Waals surface area contributed by atoms with Gasteiger partial charge in [0.05, 0.1) is 12.8 Å². The fourth-order valence-electron chi connectivity index (χ4n) is 1.15. The lowest BCUT2D eigenvalue weighted by Crippen LogP contribution is -2.05. The van der Waals surface area contributed by atoms with E-state index in [1.807, 2.05) is 0 Å². The van der Waals surface area contributed by atoms with E-state index < -0.39 is 5.97 Å². The molecule has 8 heteroatoms. The van der Waals surface area contributed by atoms with Crippen LogP contribution in [0.1, 0.15) is 16.4 Å². The number of rotatable bonds is 3. The molecule has 0 bridgehead atoms. The summed E-state index contributed by atoms with van der Waals surface area (Å²) in [6.45, 7) is 1.68. The molecule has 0 aliphatic heterocycles. The average molecular weight is 266 g/mol. The van der Waals surface area contributed by atoms with E-state index in [-0.39, 0.29) is 5.69 Å². The van der Waals surface area contributed by atoms with Crippen molar-refractivity contribution in [3.05, 3.63) is 23.7 Å². The van der Waals surface area contributed by atoms with Gasteiger partial charge < -0.3 is 14.9 Å². The molecule has 0 fully saturated rings. The monoisotopic (exact) mass is 266 g/mol. The van der Waals surface area contributed by atoms with Crippen LogP contribution in [0.4, 0.5) is 5.69 Å². The Bertz CT molecular complexity index is 584. The van der Waals surface area contributed by atoms with Crippen molar-refractivity contribution in [1.29, 1.82) is 0 Å². The van der Waals surface area contributed by atoms with Crippen LogP contribution in [0.25, 0.3) is 0 Å². The molecule has 0 saturated carbocycles. The number of esters is 1. The van der Waals surface area contributed by atoms with Gasteiger partial charge in [0.15, 0.2) is 0 Å². The number of aryl methyl sites for hydroxylation is 1. The lowest BCUT2D eigenvalue weighted by Gasteiger charge is -2.03. The van der Waals surface area contributed by atoms with Crippen molar-refractivity contribution in [3.8, 4) is 0 Å². The predicted octanol–water partition coefficient (Wildman–Crippen LogP) is 1.29. The van der Waals surface area contributed by atoms with Gasteiger partial charge in [-0.05, 0) is 23.9 Å². The number of nitrogens with two attached hydrogens (primary N) is 1. The third-order valence-electron chi connectivity index (χ3n) is 1.98. The van der Waals surface area contributed by atoms with Gasteiger partial charge in [-0.1, -0.05) is 0 Å².